The van der Waals surface area contributed by atoms with Crippen LogP contribution in [0.25, 0.3) is 0 Å². The zero-order valence-electron chi connectivity index (χ0n) is 13.5. The monoisotopic (exact) mass is 338 g/mol. The van der Waals surface area contributed by atoms with E-state index in [0.29, 0.717) is 6.42 Å². The van der Waals surface area contributed by atoms with Crippen molar-refractivity contribution in [1.29, 1.82) is 0 Å². The van der Waals surface area contributed by atoms with Gasteiger partial charge in [0.15, 0.2) is 17.3 Å². The normalized spacial score (nSPS) is 25.8. The average molecular weight is 338 g/mol. The number of allylic oxidation sites excluding steroid dienone is 1. The van der Waals surface area contributed by atoms with E-state index in [1.807, 2.05) is 13.8 Å². The Morgan fingerprint density at radius 1 is 1.39 bits per heavy atom. The fraction of sp³-hybridized carbons (Fsp3) is 0.733. The van der Waals surface area contributed by atoms with E-state index in [4.69, 9.17) is 4.74 Å². The van der Waals surface area contributed by atoms with Gasteiger partial charge in [-0.2, -0.15) is 13.2 Å². The summed E-state index contributed by atoms with van der Waals surface area (Å²) in [6, 6.07) is 0. The van der Waals surface area contributed by atoms with Crippen LogP contribution in [0.3, 0.4) is 0 Å². The van der Waals surface area contributed by atoms with Crippen LogP contribution in [0.5, 0.6) is 0 Å². The molecule has 132 valence electrons. The molecule has 0 radical (unpaired) electrons. The minimum Gasteiger partial charge on any atom is -0.501 e. The van der Waals surface area contributed by atoms with Gasteiger partial charge in [-0.25, -0.2) is 0 Å². The molecule has 2 unspecified atom stereocenters. The number of hydrogen-bond acceptors (Lipinski definition) is 5. The van der Waals surface area contributed by atoms with E-state index in [1.165, 1.54) is 0 Å². The predicted molar refractivity (Wildman–Crippen MR) is 74.2 cm³/mol. The fourth-order valence-corrected chi connectivity index (χ4v) is 2.56. The molecule has 2 atom stereocenters. The molecule has 23 heavy (non-hydrogen) atoms. The first-order valence-electron chi connectivity index (χ1n) is 7.16. The molecule has 0 bridgehead atoms. The molecule has 1 N–H and O–H groups in total. The molecule has 0 aromatic heterocycles. The number of alkyl halides is 3. The summed E-state index contributed by atoms with van der Waals surface area (Å²) in [6.07, 6.45) is -5.48. The Morgan fingerprint density at radius 3 is 2.35 bits per heavy atom. The summed E-state index contributed by atoms with van der Waals surface area (Å²) in [7, 11) is 2.00. The number of aliphatic hydroxyl groups is 1. The SMILES string of the molecule is COC(=O)C1C(=O)C(CCC(C)C)=C(OC)CC1(O)C(F)(F)F. The number of methoxy groups -OCH3 is 2. The number of hydrogen-bond donors (Lipinski definition) is 1. The maximum absolute atomic E-state index is 13.3. The summed E-state index contributed by atoms with van der Waals surface area (Å²) >= 11 is 0. The zero-order chi connectivity index (χ0) is 18.0. The number of halogens is 3. The molecule has 1 aliphatic rings. The Balaban J connectivity index is 3.40. The van der Waals surface area contributed by atoms with Gasteiger partial charge in [-0.1, -0.05) is 13.8 Å². The Labute approximate surface area is 132 Å². The lowest BCUT2D eigenvalue weighted by Gasteiger charge is -2.39. The topological polar surface area (TPSA) is 72.8 Å². The van der Waals surface area contributed by atoms with Crippen molar-refractivity contribution in [2.24, 2.45) is 11.8 Å². The summed E-state index contributed by atoms with van der Waals surface area (Å²) < 4.78 is 49.1. The Hall–Kier alpha value is -1.57. The van der Waals surface area contributed by atoms with Crippen LogP contribution in [0.1, 0.15) is 33.1 Å². The summed E-state index contributed by atoms with van der Waals surface area (Å²) in [4.78, 5) is 24.2. The molecule has 0 aromatic rings. The van der Waals surface area contributed by atoms with Crippen LogP contribution in [0.4, 0.5) is 13.2 Å². The van der Waals surface area contributed by atoms with Gasteiger partial charge < -0.3 is 14.6 Å². The average Bonchev–Trinajstić information content (AvgIpc) is 2.43. The molecule has 0 saturated carbocycles. The van der Waals surface area contributed by atoms with Crippen molar-refractivity contribution in [2.75, 3.05) is 14.2 Å². The maximum atomic E-state index is 13.3. The second kappa shape index (κ2) is 6.90. The quantitative estimate of drug-likeness (QED) is 0.615. The zero-order valence-corrected chi connectivity index (χ0v) is 13.5. The second-order valence-corrected chi connectivity index (χ2v) is 5.96. The van der Waals surface area contributed by atoms with Gasteiger partial charge >= 0.3 is 12.1 Å². The van der Waals surface area contributed by atoms with Crippen molar-refractivity contribution in [3.05, 3.63) is 11.3 Å². The van der Waals surface area contributed by atoms with E-state index in [-0.39, 0.29) is 23.7 Å². The number of rotatable bonds is 5. The summed E-state index contributed by atoms with van der Waals surface area (Å²) in [5.41, 5.74) is -3.53. The van der Waals surface area contributed by atoms with Gasteiger partial charge in [-0.3, -0.25) is 9.59 Å². The molecule has 0 heterocycles. The lowest BCUT2D eigenvalue weighted by Crippen LogP contribution is -2.59. The number of carbonyl (C=O) groups excluding carboxylic acids is 2. The second-order valence-electron chi connectivity index (χ2n) is 5.96. The summed E-state index contributed by atoms with van der Waals surface area (Å²) in [5.74, 6) is -4.88. The minimum absolute atomic E-state index is 0.00512. The number of Topliss-reactive ketones (excluding diaryl/α,β-unsaturated/α-hetero) is 1. The molecular weight excluding hydrogens is 317 g/mol. The van der Waals surface area contributed by atoms with Gasteiger partial charge in [0.2, 0.25) is 0 Å². The van der Waals surface area contributed by atoms with Crippen LogP contribution in [-0.2, 0) is 19.1 Å². The van der Waals surface area contributed by atoms with E-state index in [9.17, 15) is 27.9 Å². The fourth-order valence-electron chi connectivity index (χ4n) is 2.56. The van der Waals surface area contributed by atoms with E-state index >= 15 is 0 Å². The lowest BCUT2D eigenvalue weighted by molar-refractivity contribution is -0.278. The van der Waals surface area contributed by atoms with E-state index in [2.05, 4.69) is 4.74 Å². The molecule has 0 fully saturated rings. The van der Waals surface area contributed by atoms with Crippen LogP contribution in [0.2, 0.25) is 0 Å². The third kappa shape index (κ3) is 3.68. The van der Waals surface area contributed by atoms with Crippen molar-refractivity contribution >= 4 is 11.8 Å². The number of esters is 1. The highest BCUT2D eigenvalue weighted by atomic mass is 19.4. The van der Waals surface area contributed by atoms with Crippen LogP contribution in [-0.4, -0.2) is 42.9 Å². The van der Waals surface area contributed by atoms with Crippen molar-refractivity contribution in [3.8, 4) is 0 Å². The Bertz CT molecular complexity index is 510. The Morgan fingerprint density at radius 2 is 1.96 bits per heavy atom. The van der Waals surface area contributed by atoms with Gasteiger partial charge in [0.1, 0.15) is 5.76 Å². The third-order valence-corrected chi connectivity index (χ3v) is 3.95. The minimum atomic E-state index is -5.19. The van der Waals surface area contributed by atoms with Crippen LogP contribution in [0, 0.1) is 11.8 Å². The predicted octanol–water partition coefficient (Wildman–Crippen LogP) is 2.38. The highest BCUT2D eigenvalue weighted by Gasteiger charge is 2.66. The first-order chi connectivity index (χ1) is 10.5. The molecule has 5 nitrogen and oxygen atoms in total. The van der Waals surface area contributed by atoms with Gasteiger partial charge in [-0.15, -0.1) is 0 Å². The third-order valence-electron chi connectivity index (χ3n) is 3.95. The largest absolute Gasteiger partial charge is 0.501 e. The molecule has 1 rings (SSSR count). The number of carbonyl (C=O) groups is 2. The number of ether oxygens (including phenoxy) is 2. The van der Waals surface area contributed by atoms with Gasteiger partial charge in [0.05, 0.1) is 14.2 Å². The Kier molecular flexibility index (Phi) is 5.84. The molecule has 0 saturated heterocycles. The molecule has 0 aliphatic heterocycles. The van der Waals surface area contributed by atoms with Crippen LogP contribution < -0.4 is 0 Å². The van der Waals surface area contributed by atoms with E-state index in [0.717, 1.165) is 14.2 Å². The smallest absolute Gasteiger partial charge is 0.418 e. The van der Waals surface area contributed by atoms with Crippen LogP contribution >= 0.6 is 0 Å². The van der Waals surface area contributed by atoms with E-state index in [1.54, 1.807) is 0 Å². The van der Waals surface area contributed by atoms with Gasteiger partial charge in [-0.05, 0) is 18.8 Å². The van der Waals surface area contributed by atoms with Crippen LogP contribution in [0.15, 0.2) is 11.3 Å². The molecule has 1 aliphatic carbocycles. The molecule has 8 heteroatoms. The van der Waals surface area contributed by atoms with Crippen molar-refractivity contribution in [1.82, 2.24) is 0 Å². The first-order valence-corrected chi connectivity index (χ1v) is 7.16. The van der Waals surface area contributed by atoms with Crippen molar-refractivity contribution < 1.29 is 37.3 Å². The molecule has 0 aromatic carbocycles. The molecular formula is C15H21F3O5. The van der Waals surface area contributed by atoms with Crippen molar-refractivity contribution in [2.45, 2.75) is 44.9 Å². The first kappa shape index (κ1) is 19.5. The molecule has 0 amide bonds. The summed E-state index contributed by atoms with van der Waals surface area (Å²) in [5, 5.41) is 10.1. The number of ketones is 1. The standard InChI is InChI=1S/C15H21F3O5/c1-8(2)5-6-9-10(22-3)7-14(21,15(16,17)18)11(12(9)19)13(20)23-4/h8,11,21H,5-7H2,1-4H3. The highest BCUT2D eigenvalue weighted by Crippen LogP contribution is 2.47. The van der Waals surface area contributed by atoms with Gasteiger partial charge in [0.25, 0.3) is 0 Å². The summed E-state index contributed by atoms with van der Waals surface area (Å²) in [6.45, 7) is 3.79. The lowest BCUT2D eigenvalue weighted by atomic mass is 9.72. The van der Waals surface area contributed by atoms with E-state index < -0.39 is 35.9 Å². The van der Waals surface area contributed by atoms with Crippen molar-refractivity contribution in [3.63, 3.8) is 0 Å². The molecule has 0 spiro atoms. The maximum Gasteiger partial charge on any atom is 0.418 e. The highest BCUT2D eigenvalue weighted by molar-refractivity contribution is 6.10. The van der Waals surface area contributed by atoms with Gasteiger partial charge in [0, 0.05) is 12.0 Å².